The number of aromatic nitrogens is 2. The Balaban J connectivity index is 2.13. The molecule has 2 rings (SSSR count). The number of halogens is 2. The number of hydrogen-bond donors (Lipinski definition) is 2. The largest absolute Gasteiger partial charge is 0.386 e. The molecule has 0 fully saturated rings. The van der Waals surface area contributed by atoms with Crippen molar-refractivity contribution < 1.29 is 14.3 Å². The van der Waals surface area contributed by atoms with Gasteiger partial charge in [-0.15, -0.1) is 0 Å². The van der Waals surface area contributed by atoms with Gasteiger partial charge in [-0.2, -0.15) is 0 Å². The minimum absolute atomic E-state index is 0.0491. The molecule has 0 saturated carbocycles. The van der Waals surface area contributed by atoms with E-state index < -0.39 is 23.9 Å². The molecule has 7 heteroatoms. The van der Waals surface area contributed by atoms with Gasteiger partial charge in [0.05, 0.1) is 17.9 Å². The summed E-state index contributed by atoms with van der Waals surface area (Å²) in [6, 6.07) is 3.36. The van der Waals surface area contributed by atoms with Crippen LogP contribution in [-0.2, 0) is 0 Å². The van der Waals surface area contributed by atoms with E-state index in [1.54, 1.807) is 13.8 Å². The lowest BCUT2D eigenvalue weighted by Crippen LogP contribution is -2.37. The number of benzene rings is 1. The van der Waals surface area contributed by atoms with Gasteiger partial charge in [0.15, 0.2) is 0 Å². The van der Waals surface area contributed by atoms with Crippen LogP contribution in [0.3, 0.4) is 0 Å². The Labute approximate surface area is 132 Å². The zero-order valence-corrected chi connectivity index (χ0v) is 12.8. The molecule has 0 aliphatic carbocycles. The summed E-state index contributed by atoms with van der Waals surface area (Å²) in [5.74, 6) is -1.14. The Bertz CT molecular complexity index is 659. The minimum Gasteiger partial charge on any atom is -0.386 e. The molecule has 1 aromatic heterocycles. The molecule has 1 heterocycles. The number of carbonyl (C=O) groups excluding carboxylic acids is 1. The smallest absolute Gasteiger partial charge is 0.271 e. The number of nitrogens with zero attached hydrogens (tertiary/aromatic N) is 2. The molecule has 1 amide bonds. The van der Waals surface area contributed by atoms with Crippen molar-refractivity contribution in [2.24, 2.45) is 0 Å². The Morgan fingerprint density at radius 1 is 1.36 bits per heavy atom. The van der Waals surface area contributed by atoms with Gasteiger partial charge in [0, 0.05) is 16.8 Å². The van der Waals surface area contributed by atoms with E-state index in [0.29, 0.717) is 5.69 Å². The maximum absolute atomic E-state index is 13.8. The molecule has 2 atom stereocenters. The van der Waals surface area contributed by atoms with Gasteiger partial charge in [0.2, 0.25) is 0 Å². The molecule has 2 N–H and O–H groups in total. The molecule has 22 heavy (non-hydrogen) atoms. The fourth-order valence-electron chi connectivity index (χ4n) is 1.91. The van der Waals surface area contributed by atoms with Gasteiger partial charge in [0.1, 0.15) is 17.6 Å². The average Bonchev–Trinajstić information content (AvgIpc) is 2.47. The van der Waals surface area contributed by atoms with Gasteiger partial charge < -0.3 is 10.4 Å². The van der Waals surface area contributed by atoms with Crippen LogP contribution in [0, 0.1) is 12.7 Å². The van der Waals surface area contributed by atoms with Crippen molar-refractivity contribution in [2.75, 3.05) is 0 Å². The predicted molar refractivity (Wildman–Crippen MR) is 80.1 cm³/mol. The Morgan fingerprint density at radius 3 is 2.68 bits per heavy atom. The van der Waals surface area contributed by atoms with E-state index in [0.717, 1.165) is 0 Å². The van der Waals surface area contributed by atoms with Gasteiger partial charge in [-0.3, -0.25) is 9.78 Å². The lowest BCUT2D eigenvalue weighted by atomic mass is 10.0. The van der Waals surface area contributed by atoms with Gasteiger partial charge >= 0.3 is 0 Å². The fourth-order valence-corrected chi connectivity index (χ4v) is 2.19. The highest BCUT2D eigenvalue weighted by atomic mass is 35.5. The molecule has 0 saturated heterocycles. The zero-order valence-electron chi connectivity index (χ0n) is 12.0. The first kappa shape index (κ1) is 16.3. The average molecular weight is 324 g/mol. The second-order valence-electron chi connectivity index (χ2n) is 4.89. The van der Waals surface area contributed by atoms with Gasteiger partial charge in [-0.1, -0.05) is 17.7 Å². The second-order valence-corrected chi connectivity index (χ2v) is 5.29. The standard InChI is InChI=1S/C15H15ClFN3O2/c1-8-6-19-12(7-18-8)15(22)20-9(2)14(21)13-10(16)4-3-5-11(13)17/h3-7,9,14,21H,1-2H3,(H,20,22)/t9-,14-/m0/s1. The zero-order chi connectivity index (χ0) is 16.3. The molecule has 0 bridgehead atoms. The molecule has 0 aliphatic heterocycles. The van der Waals surface area contributed by atoms with Crippen molar-refractivity contribution in [2.45, 2.75) is 26.0 Å². The summed E-state index contributed by atoms with van der Waals surface area (Å²) < 4.78 is 13.8. The third-order valence-corrected chi connectivity index (χ3v) is 3.47. The van der Waals surface area contributed by atoms with Crippen molar-refractivity contribution in [3.05, 3.63) is 58.4 Å². The van der Waals surface area contributed by atoms with E-state index in [1.165, 1.54) is 30.6 Å². The van der Waals surface area contributed by atoms with Crippen molar-refractivity contribution >= 4 is 17.5 Å². The number of carbonyl (C=O) groups is 1. The molecule has 116 valence electrons. The van der Waals surface area contributed by atoms with E-state index in [2.05, 4.69) is 15.3 Å². The third-order valence-electron chi connectivity index (χ3n) is 3.14. The highest BCUT2D eigenvalue weighted by Gasteiger charge is 2.24. The van der Waals surface area contributed by atoms with Crippen LogP contribution < -0.4 is 5.32 Å². The highest BCUT2D eigenvalue weighted by Crippen LogP contribution is 2.27. The lowest BCUT2D eigenvalue weighted by Gasteiger charge is -2.21. The van der Waals surface area contributed by atoms with Crippen LogP contribution in [0.25, 0.3) is 0 Å². The normalized spacial score (nSPS) is 13.5. The first-order valence-corrected chi connectivity index (χ1v) is 6.99. The maximum atomic E-state index is 13.8. The van der Waals surface area contributed by atoms with Crippen molar-refractivity contribution in [3.8, 4) is 0 Å². The summed E-state index contributed by atoms with van der Waals surface area (Å²) in [5, 5.41) is 12.9. The van der Waals surface area contributed by atoms with Crippen molar-refractivity contribution in [1.82, 2.24) is 15.3 Å². The summed E-state index contributed by atoms with van der Waals surface area (Å²) >= 11 is 5.90. The topological polar surface area (TPSA) is 75.1 Å². The Hall–Kier alpha value is -2.05. The summed E-state index contributed by atoms with van der Waals surface area (Å²) in [7, 11) is 0. The molecular formula is C15H15ClFN3O2. The number of hydrogen-bond acceptors (Lipinski definition) is 4. The van der Waals surface area contributed by atoms with E-state index in [4.69, 9.17) is 11.6 Å². The summed E-state index contributed by atoms with van der Waals surface area (Å²) in [5.41, 5.74) is 0.749. The molecule has 0 aliphatic rings. The van der Waals surface area contributed by atoms with Gasteiger partial charge in [-0.05, 0) is 26.0 Å². The maximum Gasteiger partial charge on any atom is 0.271 e. The van der Waals surface area contributed by atoms with Crippen LogP contribution in [0.5, 0.6) is 0 Å². The van der Waals surface area contributed by atoms with Crippen molar-refractivity contribution in [1.29, 1.82) is 0 Å². The van der Waals surface area contributed by atoms with E-state index in [1.807, 2.05) is 0 Å². The predicted octanol–water partition coefficient (Wildman–Crippen LogP) is 2.43. The first-order valence-electron chi connectivity index (χ1n) is 6.61. The van der Waals surface area contributed by atoms with E-state index >= 15 is 0 Å². The van der Waals surface area contributed by atoms with Crippen LogP contribution in [0.4, 0.5) is 4.39 Å². The van der Waals surface area contributed by atoms with Crippen LogP contribution in [0.2, 0.25) is 5.02 Å². The minimum atomic E-state index is -1.28. The second kappa shape index (κ2) is 6.81. The number of aliphatic hydroxyl groups excluding tert-OH is 1. The Morgan fingerprint density at radius 2 is 2.09 bits per heavy atom. The number of aliphatic hydroxyl groups is 1. The molecule has 1 aromatic carbocycles. The van der Waals surface area contributed by atoms with E-state index in [-0.39, 0.29) is 16.3 Å². The van der Waals surface area contributed by atoms with E-state index in [9.17, 15) is 14.3 Å². The molecule has 0 unspecified atom stereocenters. The van der Waals surface area contributed by atoms with Gasteiger partial charge in [-0.25, -0.2) is 9.37 Å². The number of aryl methyl sites for hydroxylation is 1. The lowest BCUT2D eigenvalue weighted by molar-refractivity contribution is 0.0841. The summed E-state index contributed by atoms with van der Waals surface area (Å²) in [6.45, 7) is 3.30. The number of nitrogens with one attached hydrogen (secondary N) is 1. The number of rotatable bonds is 4. The van der Waals surface area contributed by atoms with Crippen LogP contribution in [0.1, 0.15) is 34.8 Å². The quantitative estimate of drug-likeness (QED) is 0.906. The molecule has 2 aromatic rings. The molecule has 0 radical (unpaired) electrons. The summed E-state index contributed by atoms with van der Waals surface area (Å²) in [6.07, 6.45) is 1.51. The SMILES string of the molecule is Cc1cnc(C(=O)N[C@@H](C)[C@H](O)c2c(F)cccc2Cl)cn1. The van der Waals surface area contributed by atoms with Crippen LogP contribution >= 0.6 is 11.6 Å². The van der Waals surface area contributed by atoms with Crippen LogP contribution in [0.15, 0.2) is 30.6 Å². The fraction of sp³-hybridized carbons (Fsp3) is 0.267. The molecule has 0 spiro atoms. The monoisotopic (exact) mass is 323 g/mol. The van der Waals surface area contributed by atoms with Crippen LogP contribution in [-0.4, -0.2) is 27.0 Å². The first-order chi connectivity index (χ1) is 10.4. The Kier molecular flexibility index (Phi) is 5.05. The molecule has 5 nitrogen and oxygen atoms in total. The number of amides is 1. The highest BCUT2D eigenvalue weighted by molar-refractivity contribution is 6.31. The van der Waals surface area contributed by atoms with Crippen molar-refractivity contribution in [3.63, 3.8) is 0 Å². The van der Waals surface area contributed by atoms with Gasteiger partial charge in [0.25, 0.3) is 5.91 Å². The third kappa shape index (κ3) is 3.58. The molecular weight excluding hydrogens is 309 g/mol. The summed E-state index contributed by atoms with van der Waals surface area (Å²) in [4.78, 5) is 19.9.